The van der Waals surface area contributed by atoms with Crippen LogP contribution >= 0.6 is 0 Å². The van der Waals surface area contributed by atoms with Crippen LogP contribution in [0.5, 0.6) is 5.75 Å². The van der Waals surface area contributed by atoms with Gasteiger partial charge in [0.05, 0.1) is 0 Å². The molecule has 6 nitrogen and oxygen atoms in total. The lowest BCUT2D eigenvalue weighted by atomic mass is 10.3. The molecule has 0 saturated carbocycles. The van der Waals surface area contributed by atoms with Gasteiger partial charge in [0.15, 0.2) is 0 Å². The number of amides is 1. The SMILES string of the molecule is CC(CN)OC(=O)CNC(=O)Oc1ccccc1. The topological polar surface area (TPSA) is 90.6 Å². The molecule has 98 valence electrons. The van der Waals surface area contributed by atoms with Crippen molar-refractivity contribution in [2.75, 3.05) is 13.1 Å². The van der Waals surface area contributed by atoms with Crippen molar-refractivity contribution >= 4 is 12.1 Å². The second-order valence-electron chi connectivity index (χ2n) is 3.59. The van der Waals surface area contributed by atoms with Gasteiger partial charge >= 0.3 is 12.1 Å². The van der Waals surface area contributed by atoms with E-state index in [9.17, 15) is 9.59 Å². The largest absolute Gasteiger partial charge is 0.460 e. The predicted octanol–water partition coefficient (Wildman–Crippen LogP) is 0.665. The van der Waals surface area contributed by atoms with Gasteiger partial charge in [-0.15, -0.1) is 0 Å². The van der Waals surface area contributed by atoms with Crippen molar-refractivity contribution in [3.8, 4) is 5.75 Å². The van der Waals surface area contributed by atoms with Crippen LogP contribution in [0.3, 0.4) is 0 Å². The number of hydrogen-bond acceptors (Lipinski definition) is 5. The van der Waals surface area contributed by atoms with Crippen LogP contribution in [-0.4, -0.2) is 31.3 Å². The summed E-state index contributed by atoms with van der Waals surface area (Å²) < 4.78 is 9.78. The van der Waals surface area contributed by atoms with Gasteiger partial charge in [0.2, 0.25) is 0 Å². The molecule has 1 rings (SSSR count). The maximum absolute atomic E-state index is 11.3. The Morgan fingerprint density at radius 3 is 2.61 bits per heavy atom. The molecule has 1 aromatic rings. The summed E-state index contributed by atoms with van der Waals surface area (Å²) in [6, 6.07) is 8.54. The van der Waals surface area contributed by atoms with E-state index in [1.165, 1.54) is 0 Å². The number of rotatable bonds is 5. The number of para-hydroxylation sites is 1. The summed E-state index contributed by atoms with van der Waals surface area (Å²) in [5.74, 6) is -0.156. The first-order valence-corrected chi connectivity index (χ1v) is 5.52. The van der Waals surface area contributed by atoms with E-state index in [2.05, 4.69) is 5.32 Å². The first-order valence-electron chi connectivity index (χ1n) is 5.52. The van der Waals surface area contributed by atoms with E-state index in [1.54, 1.807) is 37.3 Å². The molecule has 1 aromatic carbocycles. The van der Waals surface area contributed by atoms with E-state index in [-0.39, 0.29) is 19.2 Å². The van der Waals surface area contributed by atoms with E-state index in [0.29, 0.717) is 5.75 Å². The van der Waals surface area contributed by atoms with E-state index < -0.39 is 12.1 Å². The Morgan fingerprint density at radius 1 is 1.33 bits per heavy atom. The number of nitrogens with two attached hydrogens (primary N) is 1. The van der Waals surface area contributed by atoms with E-state index in [4.69, 9.17) is 15.2 Å². The predicted molar refractivity (Wildman–Crippen MR) is 65.1 cm³/mol. The molecule has 0 saturated heterocycles. The molecule has 0 fully saturated rings. The molecule has 1 amide bonds. The summed E-state index contributed by atoms with van der Waals surface area (Å²) in [6.45, 7) is 1.65. The van der Waals surface area contributed by atoms with Crippen LogP contribution in [0, 0.1) is 0 Å². The van der Waals surface area contributed by atoms with E-state index >= 15 is 0 Å². The standard InChI is InChI=1S/C12H16N2O4/c1-9(7-13)17-11(15)8-14-12(16)18-10-5-3-2-4-6-10/h2-6,9H,7-8,13H2,1H3,(H,14,16). The highest BCUT2D eigenvalue weighted by molar-refractivity contribution is 5.78. The summed E-state index contributed by atoms with van der Waals surface area (Å²) >= 11 is 0. The van der Waals surface area contributed by atoms with Gasteiger partial charge < -0.3 is 20.5 Å². The van der Waals surface area contributed by atoms with Gasteiger partial charge in [-0.3, -0.25) is 4.79 Å². The Bertz CT molecular complexity index is 394. The summed E-state index contributed by atoms with van der Waals surface area (Å²) in [7, 11) is 0. The van der Waals surface area contributed by atoms with Crippen molar-refractivity contribution in [3.63, 3.8) is 0 Å². The fourth-order valence-electron chi connectivity index (χ4n) is 1.09. The Labute approximate surface area is 105 Å². The molecule has 0 aliphatic rings. The molecular formula is C12H16N2O4. The molecule has 6 heteroatoms. The molecule has 0 bridgehead atoms. The van der Waals surface area contributed by atoms with Crippen LogP contribution in [0.15, 0.2) is 30.3 Å². The quantitative estimate of drug-likeness (QED) is 0.751. The van der Waals surface area contributed by atoms with Gasteiger partial charge in [-0.25, -0.2) is 4.79 Å². The number of carbonyl (C=O) groups is 2. The van der Waals surface area contributed by atoms with Crippen molar-refractivity contribution < 1.29 is 19.1 Å². The highest BCUT2D eigenvalue weighted by atomic mass is 16.6. The van der Waals surface area contributed by atoms with Crippen molar-refractivity contribution in [2.45, 2.75) is 13.0 Å². The third-order valence-corrected chi connectivity index (χ3v) is 2.00. The maximum Gasteiger partial charge on any atom is 0.413 e. The molecule has 0 aliphatic carbocycles. The third-order valence-electron chi connectivity index (χ3n) is 2.00. The van der Waals surface area contributed by atoms with Crippen molar-refractivity contribution in [2.24, 2.45) is 5.73 Å². The van der Waals surface area contributed by atoms with E-state index in [1.807, 2.05) is 0 Å². The Hall–Kier alpha value is -2.08. The Balaban J connectivity index is 2.27. The maximum atomic E-state index is 11.3. The molecule has 1 unspecified atom stereocenters. The van der Waals surface area contributed by atoms with Crippen molar-refractivity contribution in [1.29, 1.82) is 0 Å². The zero-order valence-corrected chi connectivity index (χ0v) is 10.1. The van der Waals surface area contributed by atoms with Crippen LogP contribution in [-0.2, 0) is 9.53 Å². The van der Waals surface area contributed by atoms with Gasteiger partial charge in [-0.05, 0) is 19.1 Å². The number of nitrogens with one attached hydrogen (secondary N) is 1. The zero-order chi connectivity index (χ0) is 13.4. The van der Waals surface area contributed by atoms with Crippen LogP contribution in [0.2, 0.25) is 0 Å². The summed E-state index contributed by atoms with van der Waals surface area (Å²) in [4.78, 5) is 22.5. The molecule has 0 heterocycles. The van der Waals surface area contributed by atoms with Gasteiger partial charge in [0, 0.05) is 6.54 Å². The highest BCUT2D eigenvalue weighted by Crippen LogP contribution is 2.07. The third kappa shape index (κ3) is 5.31. The molecule has 3 N–H and O–H groups in total. The molecule has 0 aliphatic heterocycles. The van der Waals surface area contributed by atoms with Crippen molar-refractivity contribution in [1.82, 2.24) is 5.32 Å². The summed E-state index contributed by atoms with van der Waals surface area (Å²) in [6.07, 6.45) is -1.08. The summed E-state index contributed by atoms with van der Waals surface area (Å²) in [5, 5.41) is 2.28. The van der Waals surface area contributed by atoms with Crippen molar-refractivity contribution in [3.05, 3.63) is 30.3 Å². The first-order chi connectivity index (χ1) is 8.61. The minimum Gasteiger partial charge on any atom is -0.460 e. The van der Waals surface area contributed by atoms with Gasteiger partial charge in [-0.1, -0.05) is 18.2 Å². The average Bonchev–Trinajstić information content (AvgIpc) is 2.37. The lowest BCUT2D eigenvalue weighted by molar-refractivity contribution is -0.146. The zero-order valence-electron chi connectivity index (χ0n) is 10.1. The average molecular weight is 252 g/mol. The van der Waals surface area contributed by atoms with E-state index in [0.717, 1.165) is 0 Å². The van der Waals surface area contributed by atoms with Gasteiger partial charge in [-0.2, -0.15) is 0 Å². The second-order valence-corrected chi connectivity index (χ2v) is 3.59. The smallest absolute Gasteiger partial charge is 0.413 e. The van der Waals surface area contributed by atoms with Crippen LogP contribution in [0.4, 0.5) is 4.79 Å². The fourth-order valence-corrected chi connectivity index (χ4v) is 1.09. The summed E-state index contributed by atoms with van der Waals surface area (Å²) in [5.41, 5.74) is 5.29. The number of esters is 1. The molecule has 0 spiro atoms. The second kappa shape index (κ2) is 7.29. The fraction of sp³-hybridized carbons (Fsp3) is 0.333. The number of carbonyl (C=O) groups excluding carboxylic acids is 2. The molecular weight excluding hydrogens is 236 g/mol. The lowest BCUT2D eigenvalue weighted by Gasteiger charge is -2.11. The number of benzene rings is 1. The number of ether oxygens (including phenoxy) is 2. The molecule has 0 radical (unpaired) electrons. The Morgan fingerprint density at radius 2 is 2.00 bits per heavy atom. The minimum absolute atomic E-state index is 0.236. The number of hydrogen-bond donors (Lipinski definition) is 2. The molecule has 18 heavy (non-hydrogen) atoms. The highest BCUT2D eigenvalue weighted by Gasteiger charge is 2.10. The lowest BCUT2D eigenvalue weighted by Crippen LogP contribution is -2.35. The first kappa shape index (κ1) is 14.0. The van der Waals surface area contributed by atoms with Crippen LogP contribution in [0.1, 0.15) is 6.92 Å². The van der Waals surface area contributed by atoms with Crippen LogP contribution in [0.25, 0.3) is 0 Å². The van der Waals surface area contributed by atoms with Gasteiger partial charge in [0.25, 0.3) is 0 Å². The normalized spacial score (nSPS) is 11.4. The van der Waals surface area contributed by atoms with Crippen LogP contribution < -0.4 is 15.8 Å². The minimum atomic E-state index is -0.710. The van der Waals surface area contributed by atoms with Gasteiger partial charge in [0.1, 0.15) is 18.4 Å². The molecule has 0 aromatic heterocycles. The Kier molecular flexibility index (Phi) is 5.66. The molecule has 1 atom stereocenters. The monoisotopic (exact) mass is 252 g/mol.